The van der Waals surface area contributed by atoms with Crippen LogP contribution in [0.1, 0.15) is 50.6 Å². The second-order valence-electron chi connectivity index (χ2n) is 5.38. The molecule has 1 aromatic rings. The highest BCUT2D eigenvalue weighted by Gasteiger charge is 2.42. The van der Waals surface area contributed by atoms with Gasteiger partial charge in [0.05, 0.1) is 12.1 Å². The molecule has 1 aliphatic carbocycles. The maximum atomic E-state index is 12.2. The Hall–Kier alpha value is -1.65. The summed E-state index contributed by atoms with van der Waals surface area (Å²) in [6.45, 7) is 5.89. The van der Waals surface area contributed by atoms with Gasteiger partial charge in [0.25, 0.3) is 0 Å². The average molecular weight is 264 g/mol. The molecule has 0 atom stereocenters. The molecule has 0 saturated heterocycles. The van der Waals surface area contributed by atoms with Crippen molar-refractivity contribution < 1.29 is 9.90 Å². The van der Waals surface area contributed by atoms with Gasteiger partial charge in [-0.15, -0.1) is 0 Å². The predicted molar refractivity (Wildman–Crippen MR) is 71.5 cm³/mol. The molecule has 1 aromatic heterocycles. The molecule has 1 fully saturated rings. The number of aliphatic carboxylic acids is 1. The Balaban J connectivity index is 2.68. The van der Waals surface area contributed by atoms with Gasteiger partial charge in [-0.05, 0) is 32.6 Å². The van der Waals surface area contributed by atoms with E-state index in [1.165, 1.54) is 0 Å². The van der Waals surface area contributed by atoms with Crippen LogP contribution in [0.15, 0.2) is 4.79 Å². The Morgan fingerprint density at radius 3 is 2.42 bits per heavy atom. The van der Waals surface area contributed by atoms with Gasteiger partial charge in [0, 0.05) is 16.8 Å². The molecule has 104 valence electrons. The summed E-state index contributed by atoms with van der Waals surface area (Å²) in [6, 6.07) is 0. The SMILES string of the molecule is CCc1nc(=O)n(C2(C)CC2)c(CC)c1CC(=O)O. The normalized spacial score (nSPS) is 16.4. The van der Waals surface area contributed by atoms with E-state index in [0.717, 1.165) is 24.1 Å². The van der Waals surface area contributed by atoms with E-state index < -0.39 is 5.97 Å². The minimum atomic E-state index is -0.877. The van der Waals surface area contributed by atoms with Gasteiger partial charge in [0.15, 0.2) is 0 Å². The smallest absolute Gasteiger partial charge is 0.348 e. The maximum Gasteiger partial charge on any atom is 0.348 e. The Morgan fingerprint density at radius 1 is 1.37 bits per heavy atom. The molecule has 0 aromatic carbocycles. The van der Waals surface area contributed by atoms with Crippen LogP contribution < -0.4 is 5.69 Å². The Morgan fingerprint density at radius 2 is 2.00 bits per heavy atom. The van der Waals surface area contributed by atoms with Gasteiger partial charge in [0.2, 0.25) is 0 Å². The Labute approximate surface area is 112 Å². The number of aromatic nitrogens is 2. The van der Waals surface area contributed by atoms with Crippen molar-refractivity contribution in [1.29, 1.82) is 0 Å². The summed E-state index contributed by atoms with van der Waals surface area (Å²) in [5.41, 5.74) is 1.81. The second-order valence-corrected chi connectivity index (χ2v) is 5.38. The number of carboxylic acid groups (broad SMARTS) is 1. The van der Waals surface area contributed by atoms with Crippen LogP contribution in [0.5, 0.6) is 0 Å². The van der Waals surface area contributed by atoms with Crippen molar-refractivity contribution in [3.8, 4) is 0 Å². The molecular weight excluding hydrogens is 244 g/mol. The first-order chi connectivity index (χ1) is 8.92. The van der Waals surface area contributed by atoms with E-state index in [4.69, 9.17) is 5.11 Å². The molecule has 5 heteroatoms. The van der Waals surface area contributed by atoms with Gasteiger partial charge in [0.1, 0.15) is 0 Å². The van der Waals surface area contributed by atoms with E-state index in [1.807, 2.05) is 20.8 Å². The standard InChI is InChI=1S/C14H20N2O3/c1-4-10-9(8-12(17)18)11(5-2)16(13(19)15-10)14(3)6-7-14/h4-8H2,1-3H3,(H,17,18). The van der Waals surface area contributed by atoms with Gasteiger partial charge < -0.3 is 5.11 Å². The number of aryl methyl sites for hydroxylation is 1. The van der Waals surface area contributed by atoms with E-state index in [1.54, 1.807) is 4.57 Å². The molecule has 1 aliphatic rings. The van der Waals surface area contributed by atoms with Crippen LogP contribution in [0, 0.1) is 0 Å². The zero-order valence-corrected chi connectivity index (χ0v) is 11.7. The molecule has 0 spiro atoms. The average Bonchev–Trinajstić information content (AvgIpc) is 3.08. The molecule has 0 radical (unpaired) electrons. The maximum absolute atomic E-state index is 12.2. The highest BCUT2D eigenvalue weighted by Crippen LogP contribution is 2.43. The molecule has 2 rings (SSSR count). The fraction of sp³-hybridized carbons (Fsp3) is 0.643. The lowest BCUT2D eigenvalue weighted by Gasteiger charge is -2.21. The van der Waals surface area contributed by atoms with Gasteiger partial charge in [-0.3, -0.25) is 9.36 Å². The zero-order valence-electron chi connectivity index (χ0n) is 11.7. The summed E-state index contributed by atoms with van der Waals surface area (Å²) in [5, 5.41) is 9.07. The molecule has 1 saturated carbocycles. The molecule has 1 heterocycles. The van der Waals surface area contributed by atoms with Gasteiger partial charge in [-0.25, -0.2) is 4.79 Å². The third kappa shape index (κ3) is 2.41. The topological polar surface area (TPSA) is 72.2 Å². The summed E-state index contributed by atoms with van der Waals surface area (Å²) < 4.78 is 1.73. The first kappa shape index (κ1) is 13.8. The van der Waals surface area contributed by atoms with E-state index in [9.17, 15) is 9.59 Å². The number of nitrogens with zero attached hydrogens (tertiary/aromatic N) is 2. The van der Waals surface area contributed by atoms with Gasteiger partial charge >= 0.3 is 11.7 Å². The predicted octanol–water partition coefficient (Wildman–Crippen LogP) is 1.50. The number of carbonyl (C=O) groups is 1. The lowest BCUT2D eigenvalue weighted by atomic mass is 10.0. The fourth-order valence-electron chi connectivity index (χ4n) is 2.63. The molecule has 0 bridgehead atoms. The van der Waals surface area contributed by atoms with Gasteiger partial charge in [-0.1, -0.05) is 13.8 Å². The van der Waals surface area contributed by atoms with Crippen molar-refractivity contribution in [1.82, 2.24) is 9.55 Å². The van der Waals surface area contributed by atoms with Crippen LogP contribution in [0.25, 0.3) is 0 Å². The Kier molecular flexibility index (Phi) is 3.47. The van der Waals surface area contributed by atoms with E-state index in [2.05, 4.69) is 4.98 Å². The Bertz CT molecular complexity index is 571. The molecule has 1 N–H and O–H groups in total. The van der Waals surface area contributed by atoms with Crippen LogP contribution in [0.2, 0.25) is 0 Å². The van der Waals surface area contributed by atoms with Crippen LogP contribution in [0.4, 0.5) is 0 Å². The van der Waals surface area contributed by atoms with E-state index >= 15 is 0 Å². The van der Waals surface area contributed by atoms with Crippen LogP contribution in [-0.4, -0.2) is 20.6 Å². The molecule has 0 unspecified atom stereocenters. The van der Waals surface area contributed by atoms with E-state index in [-0.39, 0.29) is 17.6 Å². The highest BCUT2D eigenvalue weighted by molar-refractivity contribution is 5.71. The summed E-state index contributed by atoms with van der Waals surface area (Å²) in [7, 11) is 0. The number of rotatable bonds is 5. The summed E-state index contributed by atoms with van der Waals surface area (Å²) in [5.74, 6) is -0.877. The lowest BCUT2D eigenvalue weighted by molar-refractivity contribution is -0.136. The first-order valence-corrected chi connectivity index (χ1v) is 6.79. The zero-order chi connectivity index (χ0) is 14.2. The van der Waals surface area contributed by atoms with Crippen molar-refractivity contribution in [2.45, 2.75) is 58.4 Å². The number of carboxylic acids is 1. The fourth-order valence-corrected chi connectivity index (χ4v) is 2.63. The van der Waals surface area contributed by atoms with Crippen LogP contribution in [-0.2, 0) is 29.6 Å². The van der Waals surface area contributed by atoms with Crippen molar-refractivity contribution in [3.05, 3.63) is 27.4 Å². The van der Waals surface area contributed by atoms with Crippen molar-refractivity contribution >= 4 is 5.97 Å². The summed E-state index contributed by atoms with van der Waals surface area (Å²) in [6.07, 6.45) is 3.10. The largest absolute Gasteiger partial charge is 0.481 e. The van der Waals surface area contributed by atoms with Crippen LogP contribution >= 0.6 is 0 Å². The third-order valence-corrected chi connectivity index (χ3v) is 3.90. The molecular formula is C14H20N2O3. The quantitative estimate of drug-likeness (QED) is 0.874. The minimum absolute atomic E-state index is 0.0598. The lowest BCUT2D eigenvalue weighted by Crippen LogP contribution is -2.35. The highest BCUT2D eigenvalue weighted by atomic mass is 16.4. The number of hydrogen-bond donors (Lipinski definition) is 1. The first-order valence-electron chi connectivity index (χ1n) is 6.79. The molecule has 0 amide bonds. The third-order valence-electron chi connectivity index (χ3n) is 3.90. The molecule has 5 nitrogen and oxygen atoms in total. The monoisotopic (exact) mass is 264 g/mol. The van der Waals surface area contributed by atoms with Crippen LogP contribution in [0.3, 0.4) is 0 Å². The molecule has 0 aliphatic heterocycles. The minimum Gasteiger partial charge on any atom is -0.481 e. The summed E-state index contributed by atoms with van der Waals surface area (Å²) in [4.78, 5) is 27.4. The summed E-state index contributed by atoms with van der Waals surface area (Å²) >= 11 is 0. The van der Waals surface area contributed by atoms with E-state index in [0.29, 0.717) is 18.5 Å². The van der Waals surface area contributed by atoms with Crippen molar-refractivity contribution in [2.24, 2.45) is 0 Å². The second kappa shape index (κ2) is 4.79. The van der Waals surface area contributed by atoms with Crippen molar-refractivity contribution in [3.63, 3.8) is 0 Å². The van der Waals surface area contributed by atoms with Crippen molar-refractivity contribution in [2.75, 3.05) is 0 Å². The number of hydrogen-bond acceptors (Lipinski definition) is 3. The molecule has 19 heavy (non-hydrogen) atoms. The van der Waals surface area contributed by atoms with Gasteiger partial charge in [-0.2, -0.15) is 4.98 Å².